The van der Waals surface area contributed by atoms with Gasteiger partial charge in [-0.15, -0.1) is 0 Å². The van der Waals surface area contributed by atoms with E-state index in [-0.39, 0.29) is 22.6 Å². The molecule has 2 aromatic rings. The van der Waals surface area contributed by atoms with Gasteiger partial charge >= 0.3 is 0 Å². The van der Waals surface area contributed by atoms with Crippen LogP contribution in [0.2, 0.25) is 0 Å². The summed E-state index contributed by atoms with van der Waals surface area (Å²) in [6.07, 6.45) is 0. The molecule has 0 aliphatic heterocycles. The number of carbonyl (C=O) groups excluding carboxylic acids is 1. The molecule has 1 amide bonds. The minimum atomic E-state index is -0.639. The molecule has 0 aliphatic rings. The lowest BCUT2D eigenvalue weighted by molar-refractivity contribution is -0.384. The van der Waals surface area contributed by atoms with Gasteiger partial charge in [-0.25, -0.2) is 4.39 Å². The summed E-state index contributed by atoms with van der Waals surface area (Å²) in [5.41, 5.74) is 6.10. The summed E-state index contributed by atoms with van der Waals surface area (Å²) in [5.74, 6) is -1.20. The number of nitrogens with zero attached hydrogens (tertiary/aromatic N) is 1. The van der Waals surface area contributed by atoms with Crippen LogP contribution in [-0.2, 0) is 0 Å². The van der Waals surface area contributed by atoms with Crippen molar-refractivity contribution in [1.82, 2.24) is 0 Å². The van der Waals surface area contributed by atoms with E-state index in [9.17, 15) is 19.3 Å². The molecule has 0 atom stereocenters. The van der Waals surface area contributed by atoms with Crippen molar-refractivity contribution in [3.8, 4) is 0 Å². The van der Waals surface area contributed by atoms with Crippen LogP contribution in [0.15, 0.2) is 36.4 Å². The molecule has 2 rings (SSSR count). The summed E-state index contributed by atoms with van der Waals surface area (Å²) >= 11 is 0. The first-order chi connectivity index (χ1) is 9.88. The maximum atomic E-state index is 13.0. The summed E-state index contributed by atoms with van der Waals surface area (Å²) in [6, 6.07) is 7.75. The van der Waals surface area contributed by atoms with Crippen LogP contribution in [0.3, 0.4) is 0 Å². The highest BCUT2D eigenvalue weighted by Gasteiger charge is 2.18. The predicted molar refractivity (Wildman–Crippen MR) is 76.6 cm³/mol. The van der Waals surface area contributed by atoms with Crippen molar-refractivity contribution in [2.75, 3.05) is 11.1 Å². The number of halogens is 1. The van der Waals surface area contributed by atoms with Gasteiger partial charge in [0.05, 0.1) is 10.5 Å². The van der Waals surface area contributed by atoms with Crippen molar-refractivity contribution in [1.29, 1.82) is 0 Å². The fourth-order valence-corrected chi connectivity index (χ4v) is 1.83. The zero-order valence-corrected chi connectivity index (χ0v) is 11.1. The molecule has 0 saturated heterocycles. The first-order valence-electron chi connectivity index (χ1n) is 6.00. The van der Waals surface area contributed by atoms with Crippen molar-refractivity contribution in [3.63, 3.8) is 0 Å². The average molecular weight is 289 g/mol. The second kappa shape index (κ2) is 5.58. The maximum Gasteiger partial charge on any atom is 0.293 e. The molecule has 0 heterocycles. The van der Waals surface area contributed by atoms with Crippen LogP contribution in [-0.4, -0.2) is 10.8 Å². The number of nitrogen functional groups attached to an aromatic ring is 1. The van der Waals surface area contributed by atoms with E-state index in [4.69, 9.17) is 5.73 Å². The van der Waals surface area contributed by atoms with Gasteiger partial charge in [0.25, 0.3) is 11.6 Å². The quantitative estimate of drug-likeness (QED) is 0.515. The van der Waals surface area contributed by atoms with Crippen LogP contribution in [0.4, 0.5) is 21.5 Å². The van der Waals surface area contributed by atoms with Gasteiger partial charge in [-0.05, 0) is 36.8 Å². The molecular formula is C14H12FN3O3. The van der Waals surface area contributed by atoms with Gasteiger partial charge in [-0.3, -0.25) is 14.9 Å². The molecular weight excluding hydrogens is 277 g/mol. The number of nitrogens with one attached hydrogen (secondary N) is 1. The molecule has 108 valence electrons. The summed E-state index contributed by atoms with van der Waals surface area (Å²) in [6.45, 7) is 1.70. The Kier molecular flexibility index (Phi) is 3.84. The number of benzene rings is 2. The average Bonchev–Trinajstić information content (AvgIpc) is 2.40. The molecule has 0 radical (unpaired) electrons. The van der Waals surface area contributed by atoms with Gasteiger partial charge in [-0.1, -0.05) is 6.07 Å². The standard InChI is InChI=1S/C14H12FN3O3/c1-8-2-5-12(13(6-8)18(20)21)17-14(19)10-4-3-9(15)7-11(10)16/h2-7H,16H2,1H3,(H,17,19). The van der Waals surface area contributed by atoms with E-state index in [1.165, 1.54) is 18.2 Å². The van der Waals surface area contributed by atoms with Gasteiger partial charge in [0.1, 0.15) is 11.5 Å². The van der Waals surface area contributed by atoms with Crippen LogP contribution in [0.1, 0.15) is 15.9 Å². The SMILES string of the molecule is Cc1ccc(NC(=O)c2ccc(F)cc2N)c([N+](=O)[O-])c1. The highest BCUT2D eigenvalue weighted by Crippen LogP contribution is 2.26. The predicted octanol–water partition coefficient (Wildman–Crippen LogP) is 2.88. The molecule has 21 heavy (non-hydrogen) atoms. The van der Waals surface area contributed by atoms with E-state index < -0.39 is 16.6 Å². The van der Waals surface area contributed by atoms with Crippen LogP contribution in [0, 0.1) is 22.9 Å². The Bertz CT molecular complexity index is 731. The number of nitro benzene ring substituents is 1. The van der Waals surface area contributed by atoms with Crippen LogP contribution in [0.25, 0.3) is 0 Å². The van der Waals surface area contributed by atoms with E-state index >= 15 is 0 Å². The monoisotopic (exact) mass is 289 g/mol. The smallest absolute Gasteiger partial charge is 0.293 e. The van der Waals surface area contributed by atoms with Gasteiger partial charge in [0.15, 0.2) is 0 Å². The van der Waals surface area contributed by atoms with Crippen molar-refractivity contribution in [2.45, 2.75) is 6.92 Å². The van der Waals surface area contributed by atoms with Crippen molar-refractivity contribution in [2.24, 2.45) is 0 Å². The minimum Gasteiger partial charge on any atom is -0.398 e. The lowest BCUT2D eigenvalue weighted by Gasteiger charge is -2.08. The zero-order chi connectivity index (χ0) is 15.6. The van der Waals surface area contributed by atoms with Crippen LogP contribution in [0.5, 0.6) is 0 Å². The summed E-state index contributed by atoms with van der Waals surface area (Å²) in [4.78, 5) is 22.5. The first kappa shape index (κ1) is 14.4. The fraction of sp³-hybridized carbons (Fsp3) is 0.0714. The molecule has 0 aromatic heterocycles. The highest BCUT2D eigenvalue weighted by atomic mass is 19.1. The third-order valence-corrected chi connectivity index (χ3v) is 2.86. The van der Waals surface area contributed by atoms with E-state index in [1.54, 1.807) is 13.0 Å². The van der Waals surface area contributed by atoms with Crippen molar-refractivity contribution >= 4 is 23.0 Å². The second-order valence-electron chi connectivity index (χ2n) is 4.46. The Labute approximate surface area is 119 Å². The number of nitrogens with two attached hydrogens (primary N) is 1. The lowest BCUT2D eigenvalue weighted by atomic mass is 10.1. The normalized spacial score (nSPS) is 10.2. The third kappa shape index (κ3) is 3.14. The molecule has 3 N–H and O–H groups in total. The molecule has 0 saturated carbocycles. The van der Waals surface area contributed by atoms with Gasteiger partial charge in [-0.2, -0.15) is 0 Å². The number of amides is 1. The molecule has 2 aromatic carbocycles. The number of aryl methyl sites for hydroxylation is 1. The molecule has 0 unspecified atom stereocenters. The number of hydrogen-bond acceptors (Lipinski definition) is 4. The van der Waals surface area contributed by atoms with E-state index in [2.05, 4.69) is 5.32 Å². The Balaban J connectivity index is 2.34. The summed E-state index contributed by atoms with van der Waals surface area (Å²) in [7, 11) is 0. The highest BCUT2D eigenvalue weighted by molar-refractivity contribution is 6.08. The number of rotatable bonds is 3. The topological polar surface area (TPSA) is 98.3 Å². The Hall–Kier alpha value is -2.96. The van der Waals surface area contributed by atoms with E-state index in [0.29, 0.717) is 5.56 Å². The lowest BCUT2D eigenvalue weighted by Crippen LogP contribution is -2.15. The van der Waals surface area contributed by atoms with Gasteiger partial charge < -0.3 is 11.1 Å². The largest absolute Gasteiger partial charge is 0.398 e. The molecule has 7 heteroatoms. The third-order valence-electron chi connectivity index (χ3n) is 2.86. The van der Waals surface area contributed by atoms with Crippen molar-refractivity contribution in [3.05, 3.63) is 63.5 Å². The first-order valence-corrected chi connectivity index (χ1v) is 6.00. The number of carbonyl (C=O) groups is 1. The second-order valence-corrected chi connectivity index (χ2v) is 4.46. The molecule has 0 fully saturated rings. The fourth-order valence-electron chi connectivity index (χ4n) is 1.83. The summed E-state index contributed by atoms with van der Waals surface area (Å²) < 4.78 is 13.0. The van der Waals surface area contributed by atoms with E-state index in [1.807, 2.05) is 0 Å². The van der Waals surface area contributed by atoms with Crippen molar-refractivity contribution < 1.29 is 14.1 Å². The molecule has 0 aliphatic carbocycles. The number of nitro groups is 1. The molecule has 0 bridgehead atoms. The maximum absolute atomic E-state index is 13.0. The zero-order valence-electron chi connectivity index (χ0n) is 11.1. The summed E-state index contributed by atoms with van der Waals surface area (Å²) in [5, 5.41) is 13.4. The van der Waals surface area contributed by atoms with Gasteiger partial charge in [0.2, 0.25) is 0 Å². The minimum absolute atomic E-state index is 0.0396. The Morgan fingerprint density at radius 1 is 1.29 bits per heavy atom. The molecule has 6 nitrogen and oxygen atoms in total. The van der Waals surface area contributed by atoms with E-state index in [0.717, 1.165) is 12.1 Å². The Morgan fingerprint density at radius 2 is 2.00 bits per heavy atom. The number of anilines is 2. The van der Waals surface area contributed by atoms with Crippen LogP contribution >= 0.6 is 0 Å². The number of hydrogen-bond donors (Lipinski definition) is 2. The van der Waals surface area contributed by atoms with Crippen LogP contribution < -0.4 is 11.1 Å². The molecule has 0 spiro atoms. The Morgan fingerprint density at radius 3 is 2.62 bits per heavy atom. The van der Waals surface area contributed by atoms with Gasteiger partial charge in [0, 0.05) is 11.8 Å².